The number of benzene rings is 2. The molecule has 3 aromatic rings. The standard InChI is InChI=1S/C23H27N5O/c1-15(2)22-23(29)26(17-13-11-16(3)12-14-17)20-9-6-10-21(27(20)22)28-19-8-5-4-7-18(19)24-25-28/h4-5,7-8,11-15,20-22H,6,9-10H2,1-3H3/t20-,21?,22-/m0/s1. The summed E-state index contributed by atoms with van der Waals surface area (Å²) in [7, 11) is 0. The number of carbonyl (C=O) groups is 1. The number of hydrogen-bond donors (Lipinski definition) is 0. The van der Waals surface area contributed by atoms with Crippen LogP contribution in [-0.4, -0.2) is 38.0 Å². The third-order valence-corrected chi connectivity index (χ3v) is 6.33. The Hall–Kier alpha value is -2.73. The van der Waals surface area contributed by atoms with E-state index < -0.39 is 0 Å². The van der Waals surface area contributed by atoms with Gasteiger partial charge in [0.15, 0.2) is 0 Å². The number of rotatable bonds is 3. The minimum absolute atomic E-state index is 0.0351. The average molecular weight is 390 g/mol. The molecule has 150 valence electrons. The molecule has 2 saturated heterocycles. The van der Waals surface area contributed by atoms with Crippen LogP contribution in [0.5, 0.6) is 0 Å². The summed E-state index contributed by atoms with van der Waals surface area (Å²) < 4.78 is 2.03. The molecule has 29 heavy (non-hydrogen) atoms. The maximum absolute atomic E-state index is 13.6. The van der Waals surface area contributed by atoms with E-state index in [1.54, 1.807) is 0 Å². The maximum atomic E-state index is 13.6. The van der Waals surface area contributed by atoms with E-state index in [2.05, 4.69) is 66.3 Å². The highest BCUT2D eigenvalue weighted by Gasteiger charge is 2.52. The lowest BCUT2D eigenvalue weighted by Gasteiger charge is -2.41. The van der Waals surface area contributed by atoms with Gasteiger partial charge in [0.2, 0.25) is 5.91 Å². The zero-order valence-electron chi connectivity index (χ0n) is 17.2. The Kier molecular flexibility index (Phi) is 4.39. The van der Waals surface area contributed by atoms with Crippen LogP contribution in [0.25, 0.3) is 11.0 Å². The van der Waals surface area contributed by atoms with Gasteiger partial charge in [0.05, 0.1) is 17.7 Å². The third-order valence-electron chi connectivity index (χ3n) is 6.33. The van der Waals surface area contributed by atoms with Gasteiger partial charge in [0.25, 0.3) is 0 Å². The largest absolute Gasteiger partial charge is 0.295 e. The van der Waals surface area contributed by atoms with Crippen molar-refractivity contribution < 1.29 is 4.79 Å². The van der Waals surface area contributed by atoms with E-state index in [0.29, 0.717) is 0 Å². The molecule has 2 aromatic carbocycles. The fourth-order valence-electron chi connectivity index (χ4n) is 5.02. The summed E-state index contributed by atoms with van der Waals surface area (Å²) in [5.74, 6) is 0.418. The van der Waals surface area contributed by atoms with Crippen molar-refractivity contribution in [1.82, 2.24) is 19.9 Å². The van der Waals surface area contributed by atoms with E-state index in [0.717, 1.165) is 36.0 Å². The van der Waals surface area contributed by atoms with Crippen LogP contribution in [0.15, 0.2) is 48.5 Å². The molecule has 5 rings (SSSR count). The summed E-state index contributed by atoms with van der Waals surface area (Å²) in [5, 5.41) is 8.87. The number of aryl methyl sites for hydroxylation is 1. The van der Waals surface area contributed by atoms with Gasteiger partial charge in [0.1, 0.15) is 11.7 Å². The second-order valence-electron chi connectivity index (χ2n) is 8.59. The van der Waals surface area contributed by atoms with Crippen LogP contribution in [0, 0.1) is 12.8 Å². The highest BCUT2D eigenvalue weighted by atomic mass is 16.2. The smallest absolute Gasteiger partial charge is 0.246 e. The van der Waals surface area contributed by atoms with E-state index in [4.69, 9.17) is 0 Å². The van der Waals surface area contributed by atoms with Crippen LogP contribution in [0.4, 0.5) is 5.69 Å². The number of amides is 1. The van der Waals surface area contributed by atoms with Gasteiger partial charge >= 0.3 is 0 Å². The van der Waals surface area contributed by atoms with Crippen molar-refractivity contribution in [1.29, 1.82) is 0 Å². The van der Waals surface area contributed by atoms with Crippen LogP contribution in [0.3, 0.4) is 0 Å². The lowest BCUT2D eigenvalue weighted by atomic mass is 9.98. The molecule has 3 heterocycles. The number of fused-ring (bicyclic) bond motifs is 2. The van der Waals surface area contributed by atoms with Gasteiger partial charge in [-0.1, -0.05) is 48.9 Å². The van der Waals surface area contributed by atoms with Crippen molar-refractivity contribution in [3.63, 3.8) is 0 Å². The second kappa shape index (κ2) is 6.95. The summed E-state index contributed by atoms with van der Waals surface area (Å²) in [4.78, 5) is 18.0. The second-order valence-corrected chi connectivity index (χ2v) is 8.59. The van der Waals surface area contributed by atoms with Crippen LogP contribution in [0.1, 0.15) is 44.8 Å². The van der Waals surface area contributed by atoms with E-state index in [9.17, 15) is 4.79 Å². The first kappa shape index (κ1) is 18.3. The zero-order valence-corrected chi connectivity index (χ0v) is 17.2. The number of para-hydroxylation sites is 1. The van der Waals surface area contributed by atoms with Crippen molar-refractivity contribution >= 4 is 22.6 Å². The van der Waals surface area contributed by atoms with Crippen molar-refractivity contribution in [2.24, 2.45) is 5.92 Å². The molecule has 6 heteroatoms. The van der Waals surface area contributed by atoms with Gasteiger partial charge in [0, 0.05) is 5.69 Å². The van der Waals surface area contributed by atoms with Gasteiger partial charge in [-0.3, -0.25) is 9.69 Å². The first-order valence-corrected chi connectivity index (χ1v) is 10.5. The van der Waals surface area contributed by atoms with E-state index >= 15 is 0 Å². The van der Waals surface area contributed by atoms with E-state index in [1.807, 2.05) is 27.8 Å². The van der Waals surface area contributed by atoms with Gasteiger partial charge in [-0.2, -0.15) is 0 Å². The highest BCUT2D eigenvalue weighted by Crippen LogP contribution is 2.43. The maximum Gasteiger partial charge on any atom is 0.246 e. The SMILES string of the molecule is Cc1ccc(N2C(=O)[C@H](C(C)C)N3C(n4nnc5ccccc54)CCC[C@@H]23)cc1. The number of piperidine rings is 1. The quantitative estimate of drug-likeness (QED) is 0.676. The van der Waals surface area contributed by atoms with Crippen molar-refractivity contribution in [2.45, 2.75) is 58.4 Å². The lowest BCUT2D eigenvalue weighted by Crippen LogP contribution is -2.49. The summed E-state index contributed by atoms with van der Waals surface area (Å²) in [6, 6.07) is 16.2. The molecule has 3 atom stereocenters. The first-order valence-electron chi connectivity index (χ1n) is 10.5. The van der Waals surface area contributed by atoms with Gasteiger partial charge in [-0.25, -0.2) is 9.58 Å². The summed E-state index contributed by atoms with van der Waals surface area (Å²) in [6.07, 6.45) is 3.10. The molecule has 0 saturated carbocycles. The molecule has 0 radical (unpaired) electrons. The van der Waals surface area contributed by atoms with E-state index in [1.165, 1.54) is 5.56 Å². The van der Waals surface area contributed by atoms with Crippen molar-refractivity contribution in [3.05, 3.63) is 54.1 Å². The Bertz CT molecular complexity index is 1040. The molecule has 2 fully saturated rings. The lowest BCUT2D eigenvalue weighted by molar-refractivity contribution is -0.122. The number of carbonyl (C=O) groups excluding carboxylic acids is 1. The minimum atomic E-state index is -0.158. The molecule has 1 amide bonds. The Morgan fingerprint density at radius 2 is 1.72 bits per heavy atom. The monoisotopic (exact) mass is 389 g/mol. The molecule has 1 unspecified atom stereocenters. The summed E-state index contributed by atoms with van der Waals surface area (Å²) in [5.41, 5.74) is 4.12. The molecule has 0 aliphatic carbocycles. The molecule has 0 N–H and O–H groups in total. The molecular formula is C23H27N5O. The predicted molar refractivity (Wildman–Crippen MR) is 113 cm³/mol. The molecule has 2 aliphatic heterocycles. The summed E-state index contributed by atoms with van der Waals surface area (Å²) >= 11 is 0. The number of anilines is 1. The summed E-state index contributed by atoms with van der Waals surface area (Å²) in [6.45, 7) is 6.36. The van der Waals surface area contributed by atoms with Crippen LogP contribution in [0.2, 0.25) is 0 Å². The third kappa shape index (κ3) is 2.85. The number of hydrogen-bond acceptors (Lipinski definition) is 4. The van der Waals surface area contributed by atoms with Gasteiger partial charge in [-0.05, 0) is 56.4 Å². The molecular weight excluding hydrogens is 362 g/mol. The van der Waals surface area contributed by atoms with Crippen molar-refractivity contribution in [2.75, 3.05) is 4.90 Å². The number of nitrogens with zero attached hydrogens (tertiary/aromatic N) is 5. The van der Waals surface area contributed by atoms with Gasteiger partial charge < -0.3 is 0 Å². The molecule has 2 aliphatic rings. The van der Waals surface area contributed by atoms with Crippen LogP contribution < -0.4 is 4.90 Å². The average Bonchev–Trinajstić information content (AvgIpc) is 3.27. The zero-order chi connectivity index (χ0) is 20.1. The molecule has 0 spiro atoms. The Balaban J connectivity index is 1.60. The molecule has 1 aromatic heterocycles. The van der Waals surface area contributed by atoms with E-state index in [-0.39, 0.29) is 30.2 Å². The van der Waals surface area contributed by atoms with Crippen LogP contribution in [-0.2, 0) is 4.79 Å². The topological polar surface area (TPSA) is 54.3 Å². The minimum Gasteiger partial charge on any atom is -0.295 e. The first-order chi connectivity index (χ1) is 14.1. The number of aromatic nitrogens is 3. The normalized spacial score (nSPS) is 25.2. The Morgan fingerprint density at radius 1 is 1.00 bits per heavy atom. The highest BCUT2D eigenvalue weighted by molar-refractivity contribution is 6.00. The Morgan fingerprint density at radius 3 is 2.48 bits per heavy atom. The fraction of sp³-hybridized carbons (Fsp3) is 0.435. The van der Waals surface area contributed by atoms with Gasteiger partial charge in [-0.15, -0.1) is 5.10 Å². The Labute approximate surface area is 171 Å². The van der Waals surface area contributed by atoms with Crippen LogP contribution >= 0.6 is 0 Å². The fourth-order valence-corrected chi connectivity index (χ4v) is 5.02. The van der Waals surface area contributed by atoms with Crippen molar-refractivity contribution in [3.8, 4) is 0 Å². The molecule has 0 bridgehead atoms. The predicted octanol–water partition coefficient (Wildman–Crippen LogP) is 4.12. The molecule has 6 nitrogen and oxygen atoms in total.